The SMILES string of the molecule is CC.CC.CCl.Oc1cc2c(c3c(F)cccc13)CCN2. The lowest BCUT2D eigenvalue weighted by Crippen LogP contribution is -1.90. The van der Waals surface area contributed by atoms with Crippen LogP contribution in [0, 0.1) is 5.82 Å². The summed E-state index contributed by atoms with van der Waals surface area (Å²) >= 11 is 4.64. The van der Waals surface area contributed by atoms with Gasteiger partial charge in [-0.25, -0.2) is 4.39 Å². The van der Waals surface area contributed by atoms with Crippen molar-refractivity contribution in [1.29, 1.82) is 0 Å². The van der Waals surface area contributed by atoms with Crippen molar-refractivity contribution >= 4 is 28.1 Å². The van der Waals surface area contributed by atoms with Gasteiger partial charge in [0.1, 0.15) is 11.6 Å². The van der Waals surface area contributed by atoms with Crippen LogP contribution < -0.4 is 5.32 Å². The van der Waals surface area contributed by atoms with Crippen molar-refractivity contribution in [3.05, 3.63) is 35.6 Å². The Kier molecular flexibility index (Phi) is 9.55. The van der Waals surface area contributed by atoms with Crippen LogP contribution in [0.15, 0.2) is 24.3 Å². The smallest absolute Gasteiger partial charge is 0.131 e. The van der Waals surface area contributed by atoms with Gasteiger partial charge in [-0.15, -0.1) is 11.6 Å². The van der Waals surface area contributed by atoms with Crippen LogP contribution in [0.2, 0.25) is 0 Å². The Morgan fingerprint density at radius 1 is 1.14 bits per heavy atom. The number of fused-ring (bicyclic) bond motifs is 3. The molecule has 0 aliphatic carbocycles. The molecular formula is C17H25ClFNO. The monoisotopic (exact) mass is 313 g/mol. The summed E-state index contributed by atoms with van der Waals surface area (Å²) in [5, 5.41) is 14.0. The molecular weight excluding hydrogens is 289 g/mol. The second-order valence-electron chi connectivity index (χ2n) is 3.76. The van der Waals surface area contributed by atoms with E-state index >= 15 is 0 Å². The second-order valence-corrected chi connectivity index (χ2v) is 3.76. The van der Waals surface area contributed by atoms with Crippen LogP contribution in [-0.4, -0.2) is 18.0 Å². The number of aromatic hydroxyl groups is 1. The molecule has 2 aromatic rings. The van der Waals surface area contributed by atoms with E-state index in [1.54, 1.807) is 18.2 Å². The van der Waals surface area contributed by atoms with Crippen LogP contribution in [0.4, 0.5) is 10.1 Å². The first-order valence-electron chi connectivity index (χ1n) is 7.32. The molecule has 1 heterocycles. The zero-order valence-electron chi connectivity index (χ0n) is 13.4. The third kappa shape index (κ3) is 4.24. The summed E-state index contributed by atoms with van der Waals surface area (Å²) < 4.78 is 13.7. The van der Waals surface area contributed by atoms with Crippen LogP contribution in [0.1, 0.15) is 33.3 Å². The first kappa shape index (κ1) is 19.5. The Bertz CT molecular complexity index is 558. The highest BCUT2D eigenvalue weighted by Gasteiger charge is 2.18. The molecule has 0 unspecified atom stereocenters. The lowest BCUT2D eigenvalue weighted by atomic mass is 10.0. The standard InChI is InChI=1S/C12H10FNO.2C2H6.CH3Cl/c13-9-3-1-2-8-11(15)6-10-7(12(8)9)4-5-14-10;3*1-2/h1-3,6,14-15H,4-5H2;2*1-2H3;1H3. The van der Waals surface area contributed by atoms with E-state index in [1.807, 2.05) is 27.7 Å². The predicted molar refractivity (Wildman–Crippen MR) is 92.2 cm³/mol. The molecule has 0 amide bonds. The van der Waals surface area contributed by atoms with Crippen molar-refractivity contribution in [2.75, 3.05) is 18.2 Å². The van der Waals surface area contributed by atoms with E-state index in [4.69, 9.17) is 0 Å². The molecule has 0 saturated carbocycles. The number of hydrogen-bond donors (Lipinski definition) is 2. The van der Waals surface area contributed by atoms with Crippen LogP contribution in [0.5, 0.6) is 5.75 Å². The van der Waals surface area contributed by atoms with Crippen LogP contribution >= 0.6 is 11.6 Å². The maximum atomic E-state index is 13.7. The highest BCUT2D eigenvalue weighted by molar-refractivity contribution is 6.15. The van der Waals surface area contributed by atoms with Crippen LogP contribution in [0.25, 0.3) is 10.8 Å². The Labute approximate surface area is 131 Å². The molecule has 1 aliphatic heterocycles. The summed E-state index contributed by atoms with van der Waals surface area (Å²) in [5.74, 6) is -0.124. The van der Waals surface area contributed by atoms with E-state index in [0.717, 1.165) is 24.2 Å². The van der Waals surface area contributed by atoms with Crippen molar-refractivity contribution in [3.63, 3.8) is 0 Å². The maximum Gasteiger partial charge on any atom is 0.131 e. The fourth-order valence-corrected chi connectivity index (χ4v) is 2.22. The molecule has 2 nitrogen and oxygen atoms in total. The minimum Gasteiger partial charge on any atom is -0.507 e. The largest absolute Gasteiger partial charge is 0.507 e. The number of rotatable bonds is 0. The lowest BCUT2D eigenvalue weighted by Gasteiger charge is -2.08. The molecule has 2 aromatic carbocycles. The van der Waals surface area contributed by atoms with Gasteiger partial charge in [-0.3, -0.25) is 0 Å². The zero-order chi connectivity index (χ0) is 16.4. The number of phenols is 1. The van der Waals surface area contributed by atoms with Gasteiger partial charge in [-0.1, -0.05) is 39.8 Å². The van der Waals surface area contributed by atoms with Crippen LogP contribution in [-0.2, 0) is 6.42 Å². The number of hydrogen-bond acceptors (Lipinski definition) is 2. The molecule has 0 atom stereocenters. The number of phenolic OH excluding ortho intramolecular Hbond substituents is 1. The van der Waals surface area contributed by atoms with Gasteiger partial charge in [0.05, 0.1) is 0 Å². The normalized spacial score (nSPS) is 10.8. The van der Waals surface area contributed by atoms with E-state index < -0.39 is 0 Å². The minimum atomic E-state index is -0.261. The van der Waals surface area contributed by atoms with Gasteiger partial charge < -0.3 is 10.4 Å². The molecule has 3 rings (SSSR count). The lowest BCUT2D eigenvalue weighted by molar-refractivity contribution is 0.481. The van der Waals surface area contributed by atoms with Gasteiger partial charge in [0.25, 0.3) is 0 Å². The first-order chi connectivity index (χ1) is 10.3. The summed E-state index contributed by atoms with van der Waals surface area (Å²) in [7, 11) is 0. The summed E-state index contributed by atoms with van der Waals surface area (Å²) in [4.78, 5) is 0. The molecule has 0 fully saturated rings. The Balaban J connectivity index is 0.000000598. The van der Waals surface area contributed by atoms with Crippen LogP contribution in [0.3, 0.4) is 0 Å². The molecule has 4 heteroatoms. The predicted octanol–water partition coefficient (Wildman–Crippen LogP) is 5.56. The Morgan fingerprint density at radius 3 is 2.38 bits per heavy atom. The van der Waals surface area contributed by atoms with E-state index in [1.165, 1.54) is 12.4 Å². The summed E-state index contributed by atoms with van der Waals surface area (Å²) in [6.45, 7) is 8.81. The quantitative estimate of drug-likeness (QED) is 0.624. The van der Waals surface area contributed by atoms with E-state index in [0.29, 0.717) is 10.8 Å². The van der Waals surface area contributed by atoms with Gasteiger partial charge >= 0.3 is 0 Å². The third-order valence-electron chi connectivity index (χ3n) is 2.89. The number of benzene rings is 2. The van der Waals surface area contributed by atoms with E-state index in [-0.39, 0.29) is 11.6 Å². The highest BCUT2D eigenvalue weighted by atomic mass is 35.5. The van der Waals surface area contributed by atoms with Crippen molar-refractivity contribution < 1.29 is 9.50 Å². The summed E-state index contributed by atoms with van der Waals surface area (Å²) in [6, 6.07) is 6.46. The van der Waals surface area contributed by atoms with Gasteiger partial charge in [-0.05, 0) is 18.1 Å². The van der Waals surface area contributed by atoms with Gasteiger partial charge in [-0.2, -0.15) is 0 Å². The number of halogens is 2. The topological polar surface area (TPSA) is 32.3 Å². The highest BCUT2D eigenvalue weighted by Crippen LogP contribution is 2.37. The third-order valence-corrected chi connectivity index (χ3v) is 2.89. The molecule has 21 heavy (non-hydrogen) atoms. The average Bonchev–Trinajstić information content (AvgIpc) is 3.01. The maximum absolute atomic E-state index is 13.7. The van der Waals surface area contributed by atoms with Crippen molar-refractivity contribution in [3.8, 4) is 5.75 Å². The molecule has 118 valence electrons. The first-order valence-corrected chi connectivity index (χ1v) is 8.07. The summed E-state index contributed by atoms with van der Waals surface area (Å²) in [6.07, 6.45) is 2.28. The zero-order valence-corrected chi connectivity index (χ0v) is 14.2. The van der Waals surface area contributed by atoms with Gasteiger partial charge in [0, 0.05) is 35.5 Å². The van der Waals surface area contributed by atoms with Gasteiger partial charge in [0.2, 0.25) is 0 Å². The van der Waals surface area contributed by atoms with E-state index in [9.17, 15) is 9.50 Å². The molecule has 0 aromatic heterocycles. The second kappa shape index (κ2) is 10.3. The molecule has 0 spiro atoms. The van der Waals surface area contributed by atoms with E-state index in [2.05, 4.69) is 16.9 Å². The summed E-state index contributed by atoms with van der Waals surface area (Å²) in [5.41, 5.74) is 1.83. The van der Waals surface area contributed by atoms with Crippen molar-refractivity contribution in [1.82, 2.24) is 0 Å². The Morgan fingerprint density at radius 2 is 1.76 bits per heavy atom. The molecule has 1 aliphatic rings. The van der Waals surface area contributed by atoms with Gasteiger partial charge in [0.15, 0.2) is 0 Å². The van der Waals surface area contributed by atoms with Crippen molar-refractivity contribution in [2.24, 2.45) is 0 Å². The number of nitrogens with one attached hydrogen (secondary N) is 1. The number of anilines is 1. The molecule has 0 radical (unpaired) electrons. The fourth-order valence-electron chi connectivity index (χ4n) is 2.22. The minimum absolute atomic E-state index is 0.137. The molecule has 2 N–H and O–H groups in total. The number of alkyl halides is 1. The fraction of sp³-hybridized carbons (Fsp3) is 0.412. The molecule has 0 bridgehead atoms. The Hall–Kier alpha value is -1.48. The molecule has 0 saturated heterocycles. The van der Waals surface area contributed by atoms with Crippen molar-refractivity contribution in [2.45, 2.75) is 34.1 Å². The average molecular weight is 314 g/mol.